The molecule has 0 spiro atoms. The fraction of sp³-hybridized carbons (Fsp3) is 0.700. The van der Waals surface area contributed by atoms with Crippen LogP contribution in [-0.2, 0) is 19.1 Å². The van der Waals surface area contributed by atoms with Crippen molar-refractivity contribution in [1.29, 1.82) is 0 Å². The summed E-state index contributed by atoms with van der Waals surface area (Å²) in [7, 11) is 0. The molecule has 0 aliphatic carbocycles. The number of carboxylic acids is 1. The first-order valence-corrected chi connectivity index (χ1v) is 5.25. The first-order chi connectivity index (χ1) is 8.03. The van der Waals surface area contributed by atoms with Gasteiger partial charge in [0.05, 0.1) is 26.2 Å². The Morgan fingerprint density at radius 3 is 2.71 bits per heavy atom. The predicted octanol–water partition coefficient (Wildman–Crippen LogP) is -1.45. The number of nitrogens with one attached hydrogen (secondary N) is 1. The number of aliphatic hydroxyl groups excluding tert-OH is 1. The summed E-state index contributed by atoms with van der Waals surface area (Å²) in [6, 6.07) is 0. The third-order valence-electron chi connectivity index (χ3n) is 2.66. The zero-order valence-corrected chi connectivity index (χ0v) is 9.27. The van der Waals surface area contributed by atoms with Crippen molar-refractivity contribution in [2.45, 2.75) is 12.8 Å². The van der Waals surface area contributed by atoms with Crippen LogP contribution < -0.4 is 5.32 Å². The van der Waals surface area contributed by atoms with Crippen LogP contribution in [-0.4, -0.2) is 54.2 Å². The van der Waals surface area contributed by atoms with Crippen LogP contribution in [0.15, 0.2) is 0 Å². The highest BCUT2D eigenvalue weighted by Crippen LogP contribution is 2.29. The van der Waals surface area contributed by atoms with Gasteiger partial charge in [0.2, 0.25) is 5.91 Å². The highest BCUT2D eigenvalue weighted by Gasteiger charge is 2.49. The number of carbonyl (C=O) groups excluding carboxylic acids is 2. The second kappa shape index (κ2) is 5.74. The van der Waals surface area contributed by atoms with Crippen molar-refractivity contribution >= 4 is 17.7 Å². The van der Waals surface area contributed by atoms with Crippen molar-refractivity contribution in [3.8, 4) is 0 Å². The van der Waals surface area contributed by atoms with E-state index < -0.39 is 29.5 Å². The van der Waals surface area contributed by atoms with Crippen molar-refractivity contribution in [3.63, 3.8) is 0 Å². The van der Waals surface area contributed by atoms with Gasteiger partial charge in [0, 0.05) is 13.0 Å². The summed E-state index contributed by atoms with van der Waals surface area (Å²) in [5.74, 6) is -2.42. The minimum Gasteiger partial charge on any atom is -0.480 e. The summed E-state index contributed by atoms with van der Waals surface area (Å²) >= 11 is 0. The highest BCUT2D eigenvalue weighted by molar-refractivity contribution is 6.06. The lowest BCUT2D eigenvalue weighted by molar-refractivity contribution is -0.167. The van der Waals surface area contributed by atoms with Crippen LogP contribution in [0.2, 0.25) is 0 Å². The maximum absolute atomic E-state index is 11.7. The molecule has 0 aromatic carbocycles. The third-order valence-corrected chi connectivity index (χ3v) is 2.66. The number of ether oxygens (including phenoxy) is 1. The van der Waals surface area contributed by atoms with Gasteiger partial charge in [0.25, 0.3) is 0 Å². The number of aliphatic hydroxyl groups is 1. The van der Waals surface area contributed by atoms with Gasteiger partial charge in [-0.1, -0.05) is 0 Å². The molecule has 1 saturated heterocycles. The average Bonchev–Trinajstić information content (AvgIpc) is 2.29. The molecule has 1 aliphatic rings. The number of Topliss-reactive ketones (excluding diaryl/α,β-unsaturated/α-hetero) is 1. The van der Waals surface area contributed by atoms with Gasteiger partial charge in [0.1, 0.15) is 0 Å². The van der Waals surface area contributed by atoms with E-state index in [1.165, 1.54) is 0 Å². The molecule has 17 heavy (non-hydrogen) atoms. The maximum Gasteiger partial charge on any atom is 0.320 e. The van der Waals surface area contributed by atoms with Gasteiger partial charge in [-0.2, -0.15) is 0 Å². The molecule has 1 heterocycles. The molecule has 96 valence electrons. The number of amides is 1. The van der Waals surface area contributed by atoms with Crippen molar-refractivity contribution in [2.75, 3.05) is 26.4 Å². The maximum atomic E-state index is 11.7. The molecule has 7 heteroatoms. The predicted molar refractivity (Wildman–Crippen MR) is 55.2 cm³/mol. The van der Waals surface area contributed by atoms with Crippen LogP contribution in [0.1, 0.15) is 12.8 Å². The van der Waals surface area contributed by atoms with E-state index >= 15 is 0 Å². The zero-order valence-electron chi connectivity index (χ0n) is 9.27. The molecular weight excluding hydrogens is 230 g/mol. The lowest BCUT2D eigenvalue weighted by Gasteiger charge is -2.30. The molecule has 0 bridgehead atoms. The Balaban J connectivity index is 2.74. The van der Waals surface area contributed by atoms with Crippen molar-refractivity contribution in [3.05, 3.63) is 0 Å². The second-order valence-electron chi connectivity index (χ2n) is 3.86. The molecule has 1 aliphatic heterocycles. The van der Waals surface area contributed by atoms with Crippen LogP contribution in [0.3, 0.4) is 0 Å². The number of hydrogen-bond donors (Lipinski definition) is 3. The smallest absolute Gasteiger partial charge is 0.320 e. The van der Waals surface area contributed by atoms with E-state index in [9.17, 15) is 14.4 Å². The first-order valence-electron chi connectivity index (χ1n) is 5.25. The molecule has 7 nitrogen and oxygen atoms in total. The van der Waals surface area contributed by atoms with E-state index in [1.54, 1.807) is 0 Å². The fourth-order valence-corrected chi connectivity index (χ4v) is 1.67. The van der Waals surface area contributed by atoms with Gasteiger partial charge in [-0.25, -0.2) is 0 Å². The number of carbonyl (C=O) groups is 3. The number of ketones is 1. The van der Waals surface area contributed by atoms with Crippen molar-refractivity contribution < 1.29 is 29.3 Å². The summed E-state index contributed by atoms with van der Waals surface area (Å²) in [4.78, 5) is 34.3. The molecule has 1 unspecified atom stereocenters. The summed E-state index contributed by atoms with van der Waals surface area (Å²) in [5.41, 5.74) is -1.78. The fourth-order valence-electron chi connectivity index (χ4n) is 1.67. The van der Waals surface area contributed by atoms with E-state index in [4.69, 9.17) is 14.9 Å². The SMILES string of the molecule is O=C(CC1(C(=O)O)COCCC1=O)NCCO. The van der Waals surface area contributed by atoms with E-state index in [-0.39, 0.29) is 32.8 Å². The molecule has 0 aromatic heterocycles. The Labute approximate surface area is 97.8 Å². The van der Waals surface area contributed by atoms with Crippen LogP contribution >= 0.6 is 0 Å². The van der Waals surface area contributed by atoms with E-state index in [0.717, 1.165) is 0 Å². The van der Waals surface area contributed by atoms with Gasteiger partial charge in [-0.15, -0.1) is 0 Å². The highest BCUT2D eigenvalue weighted by atomic mass is 16.5. The van der Waals surface area contributed by atoms with Crippen molar-refractivity contribution in [1.82, 2.24) is 5.32 Å². The normalized spacial score (nSPS) is 24.4. The Bertz CT molecular complexity index is 329. The molecular formula is C10H15NO6. The Kier molecular flexibility index (Phi) is 4.59. The topological polar surface area (TPSA) is 113 Å². The van der Waals surface area contributed by atoms with Gasteiger partial charge in [0.15, 0.2) is 11.2 Å². The van der Waals surface area contributed by atoms with Crippen molar-refractivity contribution in [2.24, 2.45) is 5.41 Å². The Morgan fingerprint density at radius 2 is 2.18 bits per heavy atom. The minimum atomic E-state index is -1.78. The summed E-state index contributed by atoms with van der Waals surface area (Å²) in [5, 5.41) is 19.9. The molecule has 1 amide bonds. The minimum absolute atomic E-state index is 0.000417. The zero-order chi connectivity index (χ0) is 12.9. The van der Waals surface area contributed by atoms with Crippen LogP contribution in [0.4, 0.5) is 0 Å². The Morgan fingerprint density at radius 1 is 1.47 bits per heavy atom. The molecule has 1 rings (SSSR count). The summed E-state index contributed by atoms with van der Waals surface area (Å²) in [6.45, 7) is -0.306. The van der Waals surface area contributed by atoms with Gasteiger partial charge >= 0.3 is 5.97 Å². The average molecular weight is 245 g/mol. The second-order valence-corrected chi connectivity index (χ2v) is 3.86. The van der Waals surface area contributed by atoms with Gasteiger partial charge in [-0.3, -0.25) is 14.4 Å². The van der Waals surface area contributed by atoms with Gasteiger partial charge < -0.3 is 20.3 Å². The summed E-state index contributed by atoms with van der Waals surface area (Å²) in [6.07, 6.45) is -0.458. The van der Waals surface area contributed by atoms with E-state index in [0.29, 0.717) is 0 Å². The van der Waals surface area contributed by atoms with E-state index in [2.05, 4.69) is 5.32 Å². The molecule has 3 N–H and O–H groups in total. The quantitative estimate of drug-likeness (QED) is 0.510. The van der Waals surface area contributed by atoms with Gasteiger partial charge in [-0.05, 0) is 0 Å². The number of aliphatic carboxylic acids is 1. The lowest BCUT2D eigenvalue weighted by atomic mass is 9.78. The number of carboxylic acid groups (broad SMARTS) is 1. The molecule has 0 saturated carbocycles. The first kappa shape index (κ1) is 13.6. The largest absolute Gasteiger partial charge is 0.480 e. The lowest BCUT2D eigenvalue weighted by Crippen LogP contribution is -2.50. The number of rotatable bonds is 5. The molecule has 1 fully saturated rings. The third kappa shape index (κ3) is 3.01. The van der Waals surface area contributed by atoms with Crippen LogP contribution in [0.25, 0.3) is 0 Å². The van der Waals surface area contributed by atoms with E-state index in [1.807, 2.05) is 0 Å². The Hall–Kier alpha value is -1.47. The number of hydrogen-bond acceptors (Lipinski definition) is 5. The van der Waals surface area contributed by atoms with Crippen LogP contribution in [0, 0.1) is 5.41 Å². The monoisotopic (exact) mass is 245 g/mol. The molecule has 0 aromatic rings. The standard InChI is InChI=1S/C10H15NO6/c12-3-2-11-8(14)5-10(9(15)16)6-17-4-1-7(10)13/h12H,1-6H2,(H,11,14)(H,15,16). The summed E-state index contributed by atoms with van der Waals surface area (Å²) < 4.78 is 4.99. The van der Waals surface area contributed by atoms with Crippen LogP contribution in [0.5, 0.6) is 0 Å². The molecule has 1 atom stereocenters. The molecule has 0 radical (unpaired) electrons.